The van der Waals surface area contributed by atoms with Crippen molar-refractivity contribution in [1.82, 2.24) is 34.3 Å². The van der Waals surface area contributed by atoms with Gasteiger partial charge in [-0.15, -0.1) is 10.2 Å². The van der Waals surface area contributed by atoms with Crippen LogP contribution in [-0.4, -0.2) is 66.9 Å². The van der Waals surface area contributed by atoms with Gasteiger partial charge >= 0.3 is 0 Å². The van der Waals surface area contributed by atoms with Crippen molar-refractivity contribution >= 4 is 17.4 Å². The minimum absolute atomic E-state index is 0.0240. The number of fused-ring (bicyclic) bond motifs is 1. The molecule has 0 saturated carbocycles. The van der Waals surface area contributed by atoms with Gasteiger partial charge in [0.2, 0.25) is 5.65 Å². The average Bonchev–Trinajstić information content (AvgIpc) is 3.28. The Labute approximate surface area is 157 Å². The van der Waals surface area contributed by atoms with Crippen LogP contribution in [0.15, 0.2) is 24.8 Å². The molecule has 1 fully saturated rings. The number of anilines is 1. The largest absolute Gasteiger partial charge is 0.353 e. The molecular formula is C18H24N8O. The lowest BCUT2D eigenvalue weighted by Gasteiger charge is -2.34. The van der Waals surface area contributed by atoms with Crippen LogP contribution in [0, 0.1) is 12.8 Å². The summed E-state index contributed by atoms with van der Waals surface area (Å²) in [7, 11) is 3.68. The molecule has 0 aromatic carbocycles. The van der Waals surface area contributed by atoms with Crippen LogP contribution in [0.3, 0.4) is 0 Å². The van der Waals surface area contributed by atoms with Gasteiger partial charge in [-0.25, -0.2) is 4.98 Å². The Kier molecular flexibility index (Phi) is 4.51. The van der Waals surface area contributed by atoms with E-state index >= 15 is 0 Å². The highest BCUT2D eigenvalue weighted by Gasteiger charge is 2.25. The SMILES string of the molecule is Cc1nnc2c(N3CCC(CN(C)C(=O)c4cnn(C)c4)CC3)nccn12. The number of amides is 1. The van der Waals surface area contributed by atoms with Crippen molar-refractivity contribution in [2.24, 2.45) is 13.0 Å². The van der Waals surface area contributed by atoms with Crippen molar-refractivity contribution < 1.29 is 4.79 Å². The molecule has 3 aromatic rings. The molecule has 0 bridgehead atoms. The molecule has 1 aliphatic heterocycles. The maximum atomic E-state index is 12.5. The maximum Gasteiger partial charge on any atom is 0.256 e. The van der Waals surface area contributed by atoms with Gasteiger partial charge in [0.15, 0.2) is 5.82 Å². The number of hydrogen-bond acceptors (Lipinski definition) is 6. The summed E-state index contributed by atoms with van der Waals surface area (Å²) in [6.07, 6.45) is 9.09. The number of carbonyl (C=O) groups is 1. The number of carbonyl (C=O) groups excluding carboxylic acids is 1. The lowest BCUT2D eigenvalue weighted by Crippen LogP contribution is -2.40. The normalized spacial score (nSPS) is 15.4. The van der Waals surface area contributed by atoms with Gasteiger partial charge in [0.1, 0.15) is 5.82 Å². The monoisotopic (exact) mass is 368 g/mol. The second-order valence-corrected chi connectivity index (χ2v) is 7.21. The van der Waals surface area contributed by atoms with E-state index in [2.05, 4.69) is 25.2 Å². The molecule has 3 aromatic heterocycles. The minimum atomic E-state index is 0.0240. The average molecular weight is 368 g/mol. The Balaban J connectivity index is 1.38. The van der Waals surface area contributed by atoms with Crippen molar-refractivity contribution in [2.75, 3.05) is 31.6 Å². The van der Waals surface area contributed by atoms with E-state index in [-0.39, 0.29) is 5.91 Å². The van der Waals surface area contributed by atoms with E-state index in [4.69, 9.17) is 0 Å². The second-order valence-electron chi connectivity index (χ2n) is 7.21. The summed E-state index contributed by atoms with van der Waals surface area (Å²) in [5, 5.41) is 12.5. The Hall–Kier alpha value is -2.97. The standard InChI is InChI=1S/C18H24N8O/c1-13-21-22-17-16(19-6-9-26(13)17)25-7-4-14(5-8-25)11-23(2)18(27)15-10-20-24(3)12-15/h6,9-10,12,14H,4-5,7-8,11H2,1-3H3. The summed E-state index contributed by atoms with van der Waals surface area (Å²) in [6.45, 7) is 4.49. The zero-order valence-electron chi connectivity index (χ0n) is 15.9. The Morgan fingerprint density at radius 3 is 2.78 bits per heavy atom. The first-order valence-electron chi connectivity index (χ1n) is 9.18. The summed E-state index contributed by atoms with van der Waals surface area (Å²) < 4.78 is 3.62. The molecule has 1 aliphatic rings. The molecule has 27 heavy (non-hydrogen) atoms. The number of hydrogen-bond donors (Lipinski definition) is 0. The predicted molar refractivity (Wildman–Crippen MR) is 101 cm³/mol. The second kappa shape index (κ2) is 6.98. The first kappa shape index (κ1) is 17.4. The number of aromatic nitrogens is 6. The summed E-state index contributed by atoms with van der Waals surface area (Å²) in [5.74, 6) is 2.25. The van der Waals surface area contributed by atoms with Crippen LogP contribution in [0.1, 0.15) is 29.0 Å². The summed E-state index contributed by atoms with van der Waals surface area (Å²) in [4.78, 5) is 21.1. The molecule has 4 rings (SSSR count). The van der Waals surface area contributed by atoms with Gasteiger partial charge in [0.25, 0.3) is 5.91 Å². The van der Waals surface area contributed by atoms with Crippen LogP contribution in [0.5, 0.6) is 0 Å². The van der Waals surface area contributed by atoms with Gasteiger partial charge in [-0.3, -0.25) is 13.9 Å². The molecule has 9 nitrogen and oxygen atoms in total. The zero-order valence-corrected chi connectivity index (χ0v) is 15.9. The molecule has 0 spiro atoms. The van der Waals surface area contributed by atoms with E-state index in [0.717, 1.165) is 49.8 Å². The van der Waals surface area contributed by atoms with Crippen LogP contribution in [0.2, 0.25) is 0 Å². The van der Waals surface area contributed by atoms with Crippen molar-refractivity contribution in [3.8, 4) is 0 Å². The van der Waals surface area contributed by atoms with Crippen LogP contribution in [-0.2, 0) is 7.05 Å². The van der Waals surface area contributed by atoms with Crippen LogP contribution in [0.25, 0.3) is 5.65 Å². The third kappa shape index (κ3) is 3.36. The predicted octanol–water partition coefficient (Wildman–Crippen LogP) is 1.15. The maximum absolute atomic E-state index is 12.5. The number of piperidine rings is 1. The van der Waals surface area contributed by atoms with E-state index < -0.39 is 0 Å². The van der Waals surface area contributed by atoms with Crippen molar-refractivity contribution in [2.45, 2.75) is 19.8 Å². The van der Waals surface area contributed by atoms with Gasteiger partial charge in [-0.05, 0) is 25.7 Å². The quantitative estimate of drug-likeness (QED) is 0.687. The van der Waals surface area contributed by atoms with E-state index in [0.29, 0.717) is 11.5 Å². The number of nitrogens with zero attached hydrogens (tertiary/aromatic N) is 8. The molecular weight excluding hydrogens is 344 g/mol. The van der Waals surface area contributed by atoms with E-state index in [9.17, 15) is 4.79 Å². The highest BCUT2D eigenvalue weighted by molar-refractivity contribution is 5.93. The minimum Gasteiger partial charge on any atom is -0.353 e. The Morgan fingerprint density at radius 1 is 1.30 bits per heavy atom. The number of aryl methyl sites for hydroxylation is 2. The van der Waals surface area contributed by atoms with Crippen molar-refractivity contribution in [3.05, 3.63) is 36.2 Å². The fourth-order valence-electron chi connectivity index (χ4n) is 3.70. The summed E-state index contributed by atoms with van der Waals surface area (Å²) in [5.41, 5.74) is 1.44. The Bertz CT molecular complexity index is 953. The summed E-state index contributed by atoms with van der Waals surface area (Å²) >= 11 is 0. The highest BCUT2D eigenvalue weighted by Crippen LogP contribution is 2.25. The zero-order chi connectivity index (χ0) is 19.0. The molecule has 0 unspecified atom stereocenters. The first-order valence-corrected chi connectivity index (χ1v) is 9.18. The third-order valence-corrected chi connectivity index (χ3v) is 5.22. The fourth-order valence-corrected chi connectivity index (χ4v) is 3.70. The van der Waals surface area contributed by atoms with Gasteiger partial charge < -0.3 is 9.80 Å². The molecule has 0 atom stereocenters. The Morgan fingerprint density at radius 2 is 2.07 bits per heavy atom. The van der Waals surface area contributed by atoms with Gasteiger partial charge in [0, 0.05) is 52.3 Å². The van der Waals surface area contributed by atoms with Crippen LogP contribution < -0.4 is 4.90 Å². The van der Waals surface area contributed by atoms with E-state index in [1.807, 2.05) is 31.6 Å². The van der Waals surface area contributed by atoms with E-state index in [1.165, 1.54) is 0 Å². The topological polar surface area (TPSA) is 84.5 Å². The third-order valence-electron chi connectivity index (χ3n) is 5.22. The smallest absolute Gasteiger partial charge is 0.256 e. The molecule has 1 saturated heterocycles. The highest BCUT2D eigenvalue weighted by atomic mass is 16.2. The molecule has 0 N–H and O–H groups in total. The number of rotatable bonds is 4. The lowest BCUT2D eigenvalue weighted by molar-refractivity contribution is 0.0765. The molecule has 1 amide bonds. The van der Waals surface area contributed by atoms with Gasteiger partial charge in [-0.2, -0.15) is 5.10 Å². The first-order chi connectivity index (χ1) is 13.0. The molecule has 4 heterocycles. The molecule has 0 radical (unpaired) electrons. The van der Waals surface area contributed by atoms with Gasteiger partial charge in [0.05, 0.1) is 11.8 Å². The van der Waals surface area contributed by atoms with Crippen molar-refractivity contribution in [1.29, 1.82) is 0 Å². The lowest BCUT2D eigenvalue weighted by atomic mass is 9.96. The fraction of sp³-hybridized carbons (Fsp3) is 0.500. The van der Waals surface area contributed by atoms with E-state index in [1.54, 1.807) is 28.2 Å². The summed E-state index contributed by atoms with van der Waals surface area (Å²) in [6, 6.07) is 0. The molecule has 142 valence electrons. The van der Waals surface area contributed by atoms with Crippen LogP contribution in [0.4, 0.5) is 5.82 Å². The molecule has 9 heteroatoms. The molecule has 0 aliphatic carbocycles. The van der Waals surface area contributed by atoms with Crippen molar-refractivity contribution in [3.63, 3.8) is 0 Å². The van der Waals surface area contributed by atoms with Gasteiger partial charge in [-0.1, -0.05) is 0 Å². The van der Waals surface area contributed by atoms with Crippen LogP contribution >= 0.6 is 0 Å².